The molecule has 2 unspecified atom stereocenters. The van der Waals surface area contributed by atoms with Gasteiger partial charge in [0.15, 0.2) is 0 Å². The number of hydrogen-bond acceptors (Lipinski definition) is 3. The molecule has 2 saturated heterocycles. The van der Waals surface area contributed by atoms with Gasteiger partial charge in [-0.2, -0.15) is 0 Å². The van der Waals surface area contributed by atoms with Crippen LogP contribution in [0.5, 0.6) is 0 Å². The first-order valence-corrected chi connectivity index (χ1v) is 10.4. The van der Waals surface area contributed by atoms with E-state index in [2.05, 4.69) is 4.90 Å². The summed E-state index contributed by atoms with van der Waals surface area (Å²) in [6, 6.07) is 0.360. The van der Waals surface area contributed by atoms with E-state index in [1.165, 1.54) is 38.4 Å². The molecule has 0 aromatic rings. The Kier molecular flexibility index (Phi) is 4.30. The molecule has 1 aliphatic carbocycles. The highest BCUT2D eigenvalue weighted by atomic mass is 32.2. The largest absolute Gasteiger partial charge is 0.337 e. The summed E-state index contributed by atoms with van der Waals surface area (Å²) in [5, 5.41) is -0.228. The van der Waals surface area contributed by atoms with Crippen molar-refractivity contribution in [3.05, 3.63) is 0 Å². The monoisotopic (exact) mass is 313 g/mol. The topological polar surface area (TPSA) is 54.5 Å². The number of carbonyl (C=O) groups excluding carboxylic acids is 1. The zero-order valence-corrected chi connectivity index (χ0v) is 13.8. The van der Waals surface area contributed by atoms with Crippen molar-refractivity contribution in [2.45, 2.75) is 81.5 Å². The molecule has 21 heavy (non-hydrogen) atoms. The molecule has 3 aliphatic rings. The van der Waals surface area contributed by atoms with E-state index in [-0.39, 0.29) is 17.3 Å². The minimum absolute atomic E-state index is 0.180. The van der Waals surface area contributed by atoms with Crippen molar-refractivity contribution < 1.29 is 13.2 Å². The van der Waals surface area contributed by atoms with Crippen LogP contribution >= 0.6 is 0 Å². The Hall–Kier alpha value is -0.580. The van der Waals surface area contributed by atoms with Gasteiger partial charge in [-0.15, -0.1) is 0 Å². The van der Waals surface area contributed by atoms with E-state index in [4.69, 9.17) is 0 Å². The lowest BCUT2D eigenvalue weighted by molar-refractivity contribution is -0.136. The van der Waals surface area contributed by atoms with E-state index in [0.29, 0.717) is 31.1 Å². The molecular weight excluding hydrogens is 286 g/mol. The molecule has 1 amide bonds. The normalized spacial score (nSPS) is 34.1. The third-order valence-electron chi connectivity index (χ3n) is 5.77. The fourth-order valence-corrected chi connectivity index (χ4v) is 5.77. The number of carbonyl (C=O) groups is 1. The van der Waals surface area contributed by atoms with Crippen LogP contribution < -0.4 is 0 Å². The van der Waals surface area contributed by atoms with E-state index >= 15 is 0 Å². The molecule has 120 valence electrons. The van der Waals surface area contributed by atoms with Gasteiger partial charge in [-0.3, -0.25) is 4.79 Å². The Morgan fingerprint density at radius 3 is 2.10 bits per heavy atom. The number of rotatable bonds is 3. The van der Waals surface area contributed by atoms with Gasteiger partial charge >= 0.3 is 0 Å². The summed E-state index contributed by atoms with van der Waals surface area (Å²) in [5.41, 5.74) is 0. The summed E-state index contributed by atoms with van der Waals surface area (Å²) in [5.74, 6) is 0.861. The Morgan fingerprint density at radius 1 is 1.00 bits per heavy atom. The van der Waals surface area contributed by atoms with E-state index in [0.717, 1.165) is 12.8 Å². The van der Waals surface area contributed by atoms with Crippen molar-refractivity contribution in [1.29, 1.82) is 0 Å². The van der Waals surface area contributed by atoms with E-state index in [1.807, 2.05) is 0 Å². The Balaban J connectivity index is 1.63. The highest BCUT2D eigenvalue weighted by Gasteiger charge is 2.45. The van der Waals surface area contributed by atoms with Crippen LogP contribution in [0.4, 0.5) is 0 Å². The predicted octanol–water partition coefficient (Wildman–Crippen LogP) is 2.52. The van der Waals surface area contributed by atoms with Gasteiger partial charge in [0, 0.05) is 24.8 Å². The molecule has 0 aromatic heterocycles. The second kappa shape index (κ2) is 5.90. The summed E-state index contributed by atoms with van der Waals surface area (Å²) in [6.45, 7) is 0. The van der Waals surface area contributed by atoms with Crippen molar-refractivity contribution in [3.8, 4) is 0 Å². The predicted molar refractivity (Wildman–Crippen MR) is 82.7 cm³/mol. The van der Waals surface area contributed by atoms with Crippen LogP contribution in [-0.4, -0.2) is 42.8 Å². The molecule has 2 bridgehead atoms. The van der Waals surface area contributed by atoms with Gasteiger partial charge in [-0.25, -0.2) is 8.42 Å². The third kappa shape index (κ3) is 3.27. The minimum Gasteiger partial charge on any atom is -0.337 e. The zero-order valence-electron chi connectivity index (χ0n) is 13.0. The van der Waals surface area contributed by atoms with Crippen LogP contribution in [0.3, 0.4) is 0 Å². The van der Waals surface area contributed by atoms with Gasteiger partial charge in [0.25, 0.3) is 0 Å². The summed E-state index contributed by atoms with van der Waals surface area (Å²) in [7, 11) is -2.97. The first-order valence-electron chi connectivity index (χ1n) is 8.45. The average Bonchev–Trinajstić information content (AvgIpc) is 2.69. The molecule has 0 N–H and O–H groups in total. The van der Waals surface area contributed by atoms with Crippen molar-refractivity contribution in [3.63, 3.8) is 0 Å². The van der Waals surface area contributed by atoms with Gasteiger partial charge in [-0.05, 0) is 44.4 Å². The average molecular weight is 313 g/mol. The highest BCUT2D eigenvalue weighted by molar-refractivity contribution is 7.91. The van der Waals surface area contributed by atoms with Crippen molar-refractivity contribution in [2.75, 3.05) is 6.26 Å². The first kappa shape index (κ1) is 15.3. The zero-order chi connectivity index (χ0) is 15.0. The smallest absolute Gasteiger partial charge is 0.223 e. The van der Waals surface area contributed by atoms with Crippen LogP contribution in [0.15, 0.2) is 0 Å². The second-order valence-electron chi connectivity index (χ2n) is 7.32. The quantitative estimate of drug-likeness (QED) is 0.804. The van der Waals surface area contributed by atoms with Gasteiger partial charge in [0.1, 0.15) is 9.84 Å². The molecule has 3 fully saturated rings. The fraction of sp³-hybridized carbons (Fsp3) is 0.938. The number of fused-ring (bicyclic) bond motifs is 2. The van der Waals surface area contributed by atoms with Crippen LogP contribution in [0.1, 0.15) is 64.2 Å². The standard InChI is InChI=1S/C16H27NO3S/c1-21(19,20)15-10-13-7-8-14(11-15)17(13)16(18)9-12-5-3-2-4-6-12/h12-15H,2-11H2,1H3. The molecule has 2 heterocycles. The molecule has 2 atom stereocenters. The van der Waals surface area contributed by atoms with Crippen LogP contribution in [0.2, 0.25) is 0 Å². The molecule has 2 aliphatic heterocycles. The lowest BCUT2D eigenvalue weighted by Crippen LogP contribution is -2.50. The Bertz CT molecular complexity index is 482. The molecular formula is C16H27NO3S. The number of hydrogen-bond donors (Lipinski definition) is 0. The van der Waals surface area contributed by atoms with E-state index < -0.39 is 9.84 Å². The van der Waals surface area contributed by atoms with E-state index in [9.17, 15) is 13.2 Å². The molecule has 1 saturated carbocycles. The minimum atomic E-state index is -2.97. The first-order chi connectivity index (χ1) is 9.95. The van der Waals surface area contributed by atoms with Gasteiger partial charge in [-0.1, -0.05) is 19.3 Å². The Labute approximate surface area is 128 Å². The molecule has 0 spiro atoms. The summed E-state index contributed by atoms with van der Waals surface area (Å²) in [4.78, 5) is 14.7. The summed E-state index contributed by atoms with van der Waals surface area (Å²) < 4.78 is 23.6. The van der Waals surface area contributed by atoms with Gasteiger partial charge in [0.2, 0.25) is 5.91 Å². The molecule has 3 rings (SSSR count). The van der Waals surface area contributed by atoms with Crippen LogP contribution in [0, 0.1) is 5.92 Å². The highest BCUT2D eigenvalue weighted by Crippen LogP contribution is 2.39. The maximum atomic E-state index is 12.7. The van der Waals surface area contributed by atoms with Crippen molar-refractivity contribution >= 4 is 15.7 Å². The SMILES string of the molecule is CS(=O)(=O)C1CC2CCC(C1)N2C(=O)CC1CCCCC1. The fourth-order valence-electron chi connectivity index (χ4n) is 4.63. The Morgan fingerprint density at radius 2 is 1.57 bits per heavy atom. The van der Waals surface area contributed by atoms with Crippen LogP contribution in [-0.2, 0) is 14.6 Å². The molecule has 0 aromatic carbocycles. The number of sulfone groups is 1. The van der Waals surface area contributed by atoms with Gasteiger partial charge < -0.3 is 4.90 Å². The maximum absolute atomic E-state index is 12.7. The number of piperidine rings is 1. The van der Waals surface area contributed by atoms with Crippen molar-refractivity contribution in [1.82, 2.24) is 4.90 Å². The third-order valence-corrected chi connectivity index (χ3v) is 7.37. The van der Waals surface area contributed by atoms with E-state index in [1.54, 1.807) is 0 Å². The number of nitrogens with zero attached hydrogens (tertiary/aromatic N) is 1. The molecule has 0 radical (unpaired) electrons. The number of amides is 1. The lowest BCUT2D eigenvalue weighted by atomic mass is 9.86. The van der Waals surface area contributed by atoms with Crippen molar-refractivity contribution in [2.24, 2.45) is 5.92 Å². The molecule has 5 heteroatoms. The lowest BCUT2D eigenvalue weighted by Gasteiger charge is -2.39. The summed E-state index contributed by atoms with van der Waals surface area (Å²) >= 11 is 0. The summed E-state index contributed by atoms with van der Waals surface area (Å²) in [6.07, 6.45) is 11.6. The van der Waals surface area contributed by atoms with Gasteiger partial charge in [0.05, 0.1) is 5.25 Å². The molecule has 4 nitrogen and oxygen atoms in total. The second-order valence-corrected chi connectivity index (χ2v) is 9.64. The van der Waals surface area contributed by atoms with Crippen LogP contribution in [0.25, 0.3) is 0 Å². The maximum Gasteiger partial charge on any atom is 0.223 e.